The molecule has 0 saturated carbocycles. The van der Waals surface area contributed by atoms with E-state index in [1.807, 2.05) is 6.92 Å². The molecule has 0 saturated heterocycles. The van der Waals surface area contributed by atoms with Crippen molar-refractivity contribution in [1.82, 2.24) is 4.72 Å². The summed E-state index contributed by atoms with van der Waals surface area (Å²) < 4.78 is 45.1. The van der Waals surface area contributed by atoms with Crippen LogP contribution in [0.3, 0.4) is 0 Å². The zero-order valence-electron chi connectivity index (χ0n) is 13.8. The Kier molecular flexibility index (Phi) is 6.11. The SMILES string of the molecule is CCOc1ccccc1NC(=O)[C@H](C)NS(=O)(=O)c1ccc(F)cc1. The fourth-order valence-corrected chi connectivity index (χ4v) is 3.26. The maximum Gasteiger partial charge on any atom is 0.242 e. The average Bonchev–Trinajstić information content (AvgIpc) is 2.57. The predicted molar refractivity (Wildman–Crippen MR) is 92.4 cm³/mol. The first-order chi connectivity index (χ1) is 11.8. The maximum absolute atomic E-state index is 12.9. The Morgan fingerprint density at radius 1 is 1.16 bits per heavy atom. The van der Waals surface area contributed by atoms with Gasteiger partial charge in [-0.2, -0.15) is 4.72 Å². The van der Waals surface area contributed by atoms with E-state index in [-0.39, 0.29) is 4.90 Å². The number of para-hydroxylation sites is 2. The summed E-state index contributed by atoms with van der Waals surface area (Å²) in [6.07, 6.45) is 0. The molecule has 0 fully saturated rings. The van der Waals surface area contributed by atoms with Crippen LogP contribution in [0, 0.1) is 5.82 Å². The highest BCUT2D eigenvalue weighted by molar-refractivity contribution is 7.89. The van der Waals surface area contributed by atoms with Gasteiger partial charge in [-0.15, -0.1) is 0 Å². The number of carbonyl (C=O) groups is 1. The van der Waals surface area contributed by atoms with Crippen LogP contribution in [-0.4, -0.2) is 27.0 Å². The van der Waals surface area contributed by atoms with Gasteiger partial charge in [-0.25, -0.2) is 12.8 Å². The largest absolute Gasteiger partial charge is 0.492 e. The second-order valence-corrected chi connectivity index (χ2v) is 6.93. The molecule has 0 heterocycles. The Morgan fingerprint density at radius 2 is 1.80 bits per heavy atom. The molecule has 1 amide bonds. The third kappa shape index (κ3) is 5.01. The number of amides is 1. The van der Waals surface area contributed by atoms with E-state index in [0.717, 1.165) is 24.3 Å². The second kappa shape index (κ2) is 8.09. The van der Waals surface area contributed by atoms with Crippen molar-refractivity contribution in [3.63, 3.8) is 0 Å². The molecule has 8 heteroatoms. The summed E-state index contributed by atoms with van der Waals surface area (Å²) in [5.74, 6) is -0.595. The smallest absolute Gasteiger partial charge is 0.242 e. The quantitative estimate of drug-likeness (QED) is 0.789. The Labute approximate surface area is 146 Å². The van der Waals surface area contributed by atoms with E-state index in [2.05, 4.69) is 10.0 Å². The number of nitrogens with one attached hydrogen (secondary N) is 2. The van der Waals surface area contributed by atoms with E-state index in [1.54, 1.807) is 24.3 Å². The van der Waals surface area contributed by atoms with Crippen LogP contribution in [0.2, 0.25) is 0 Å². The lowest BCUT2D eigenvalue weighted by Crippen LogP contribution is -2.41. The first-order valence-corrected chi connectivity index (χ1v) is 9.12. The minimum absolute atomic E-state index is 0.122. The lowest BCUT2D eigenvalue weighted by atomic mass is 10.2. The zero-order chi connectivity index (χ0) is 18.4. The van der Waals surface area contributed by atoms with Crippen LogP contribution in [-0.2, 0) is 14.8 Å². The number of hydrogen-bond donors (Lipinski definition) is 2. The van der Waals surface area contributed by atoms with Crippen molar-refractivity contribution in [1.29, 1.82) is 0 Å². The van der Waals surface area contributed by atoms with Gasteiger partial charge in [0, 0.05) is 0 Å². The molecule has 0 aromatic heterocycles. The van der Waals surface area contributed by atoms with Gasteiger partial charge in [0.25, 0.3) is 0 Å². The molecule has 0 aliphatic carbocycles. The minimum Gasteiger partial charge on any atom is -0.492 e. The molecule has 2 N–H and O–H groups in total. The van der Waals surface area contributed by atoms with E-state index in [9.17, 15) is 17.6 Å². The van der Waals surface area contributed by atoms with Gasteiger partial charge in [0.15, 0.2) is 0 Å². The van der Waals surface area contributed by atoms with Crippen molar-refractivity contribution < 1.29 is 22.3 Å². The minimum atomic E-state index is -3.94. The standard InChI is InChI=1S/C17H19FN2O4S/c1-3-24-16-7-5-4-6-15(16)19-17(21)12(2)20-25(22,23)14-10-8-13(18)9-11-14/h4-12,20H,3H2,1-2H3,(H,19,21)/t12-/m0/s1. The molecule has 2 aromatic carbocycles. The Bertz CT molecular complexity index is 838. The van der Waals surface area contributed by atoms with Gasteiger partial charge in [-0.3, -0.25) is 4.79 Å². The summed E-state index contributed by atoms with van der Waals surface area (Å²) in [7, 11) is -3.94. The molecular weight excluding hydrogens is 347 g/mol. The number of ether oxygens (including phenoxy) is 1. The number of carbonyl (C=O) groups excluding carboxylic acids is 1. The summed E-state index contributed by atoms with van der Waals surface area (Å²) in [5.41, 5.74) is 0.446. The van der Waals surface area contributed by atoms with Crippen LogP contribution in [0.15, 0.2) is 53.4 Å². The van der Waals surface area contributed by atoms with Crippen molar-refractivity contribution in [2.45, 2.75) is 24.8 Å². The molecule has 6 nitrogen and oxygen atoms in total. The lowest BCUT2D eigenvalue weighted by Gasteiger charge is -2.16. The molecule has 2 rings (SSSR count). The van der Waals surface area contributed by atoms with Crippen LogP contribution in [0.25, 0.3) is 0 Å². The van der Waals surface area contributed by atoms with Crippen LogP contribution < -0.4 is 14.8 Å². The molecule has 1 atom stereocenters. The monoisotopic (exact) mass is 366 g/mol. The van der Waals surface area contributed by atoms with Gasteiger partial charge in [-0.05, 0) is 50.2 Å². The van der Waals surface area contributed by atoms with Crippen LogP contribution >= 0.6 is 0 Å². The molecular formula is C17H19FN2O4S. The molecule has 2 aromatic rings. The summed E-state index contributed by atoms with van der Waals surface area (Å²) in [5, 5.41) is 2.63. The molecule has 134 valence electrons. The van der Waals surface area contributed by atoms with Crippen molar-refractivity contribution in [3.05, 3.63) is 54.3 Å². The first-order valence-electron chi connectivity index (χ1n) is 7.64. The number of benzene rings is 2. The highest BCUT2D eigenvalue weighted by atomic mass is 32.2. The van der Waals surface area contributed by atoms with E-state index in [4.69, 9.17) is 4.74 Å². The highest BCUT2D eigenvalue weighted by Crippen LogP contribution is 2.23. The third-order valence-electron chi connectivity index (χ3n) is 3.29. The lowest BCUT2D eigenvalue weighted by molar-refractivity contribution is -0.117. The van der Waals surface area contributed by atoms with E-state index in [0.29, 0.717) is 18.0 Å². The molecule has 0 aliphatic heterocycles. The van der Waals surface area contributed by atoms with Gasteiger partial charge in [0.1, 0.15) is 11.6 Å². The first kappa shape index (κ1) is 18.9. The van der Waals surface area contributed by atoms with E-state index < -0.39 is 27.8 Å². The highest BCUT2D eigenvalue weighted by Gasteiger charge is 2.22. The summed E-state index contributed by atoms with van der Waals surface area (Å²) in [4.78, 5) is 12.2. The van der Waals surface area contributed by atoms with Gasteiger partial charge < -0.3 is 10.1 Å². The van der Waals surface area contributed by atoms with Gasteiger partial charge >= 0.3 is 0 Å². The number of rotatable bonds is 7. The van der Waals surface area contributed by atoms with Crippen LogP contribution in [0.1, 0.15) is 13.8 Å². The average molecular weight is 366 g/mol. The number of sulfonamides is 1. The summed E-state index contributed by atoms with van der Waals surface area (Å²) >= 11 is 0. The van der Waals surface area contributed by atoms with Crippen LogP contribution in [0.5, 0.6) is 5.75 Å². The Balaban J connectivity index is 2.09. The number of anilines is 1. The molecule has 25 heavy (non-hydrogen) atoms. The number of hydrogen-bond acceptors (Lipinski definition) is 4. The zero-order valence-corrected chi connectivity index (χ0v) is 14.6. The molecule has 0 unspecified atom stereocenters. The van der Waals surface area contributed by atoms with Crippen molar-refractivity contribution in [3.8, 4) is 5.75 Å². The van der Waals surface area contributed by atoms with Crippen molar-refractivity contribution >= 4 is 21.6 Å². The molecule has 0 bridgehead atoms. The van der Waals surface area contributed by atoms with Gasteiger partial charge in [0.2, 0.25) is 15.9 Å². The topological polar surface area (TPSA) is 84.5 Å². The Hall–Kier alpha value is -2.45. The Morgan fingerprint density at radius 3 is 2.44 bits per heavy atom. The second-order valence-electron chi connectivity index (χ2n) is 5.22. The summed E-state index contributed by atoms with van der Waals surface area (Å²) in [6, 6.07) is 10.2. The van der Waals surface area contributed by atoms with E-state index >= 15 is 0 Å². The van der Waals surface area contributed by atoms with Gasteiger partial charge in [0.05, 0.1) is 23.2 Å². The fourth-order valence-electron chi connectivity index (χ4n) is 2.06. The van der Waals surface area contributed by atoms with Crippen LogP contribution in [0.4, 0.5) is 10.1 Å². The normalized spacial score (nSPS) is 12.4. The molecule has 0 aliphatic rings. The fraction of sp³-hybridized carbons (Fsp3) is 0.235. The molecule has 0 radical (unpaired) electrons. The van der Waals surface area contributed by atoms with E-state index in [1.165, 1.54) is 6.92 Å². The molecule has 0 spiro atoms. The summed E-state index contributed by atoms with van der Waals surface area (Å²) in [6.45, 7) is 3.66. The van der Waals surface area contributed by atoms with Crippen molar-refractivity contribution in [2.75, 3.05) is 11.9 Å². The van der Waals surface area contributed by atoms with Gasteiger partial charge in [-0.1, -0.05) is 12.1 Å². The third-order valence-corrected chi connectivity index (χ3v) is 4.85. The predicted octanol–water partition coefficient (Wildman–Crippen LogP) is 2.53. The number of halogens is 1. The van der Waals surface area contributed by atoms with Crippen molar-refractivity contribution in [2.24, 2.45) is 0 Å². The maximum atomic E-state index is 12.9.